The van der Waals surface area contributed by atoms with E-state index in [9.17, 15) is 9.59 Å². The number of aromatic nitrogens is 1. The van der Waals surface area contributed by atoms with E-state index in [0.717, 1.165) is 29.7 Å². The maximum absolute atomic E-state index is 11.5. The van der Waals surface area contributed by atoms with Gasteiger partial charge in [-0.1, -0.05) is 30.3 Å². The summed E-state index contributed by atoms with van der Waals surface area (Å²) in [7, 11) is 1.93. The van der Waals surface area contributed by atoms with Crippen LogP contribution in [0.2, 0.25) is 0 Å². The molecule has 1 aliphatic rings. The van der Waals surface area contributed by atoms with Gasteiger partial charge in [0.05, 0.1) is 12.1 Å². The van der Waals surface area contributed by atoms with Crippen LogP contribution in [-0.4, -0.2) is 47.1 Å². The number of hydrogen-bond donors (Lipinski definition) is 2. The number of benzene rings is 2. The maximum atomic E-state index is 11.5. The van der Waals surface area contributed by atoms with Crippen LogP contribution < -0.4 is 5.32 Å². The van der Waals surface area contributed by atoms with Crippen LogP contribution in [0, 0.1) is 0 Å². The Labute approximate surface area is 163 Å². The molecule has 0 aliphatic carbocycles. The number of rotatable bonds is 6. The number of carboxylic acids is 1. The molecule has 6 nitrogen and oxygen atoms in total. The molecule has 0 saturated carbocycles. The van der Waals surface area contributed by atoms with Crippen LogP contribution >= 0.6 is 0 Å². The van der Waals surface area contributed by atoms with E-state index in [1.807, 2.05) is 30.1 Å². The van der Waals surface area contributed by atoms with Crippen LogP contribution in [-0.2, 0) is 17.9 Å². The Kier molecular flexibility index (Phi) is 4.88. The van der Waals surface area contributed by atoms with E-state index in [1.165, 1.54) is 10.9 Å². The molecule has 0 spiro atoms. The summed E-state index contributed by atoms with van der Waals surface area (Å²) < 4.78 is 2.26. The van der Waals surface area contributed by atoms with Crippen molar-refractivity contribution in [2.24, 2.45) is 0 Å². The average Bonchev–Trinajstić information content (AvgIpc) is 3.02. The average molecular weight is 377 g/mol. The molecular formula is C22H23N3O3. The molecule has 3 aromatic rings. The van der Waals surface area contributed by atoms with E-state index in [0.29, 0.717) is 19.6 Å². The lowest BCUT2D eigenvalue weighted by molar-refractivity contribution is -0.119. The smallest absolute Gasteiger partial charge is 0.335 e. The lowest BCUT2D eigenvalue weighted by Crippen LogP contribution is -2.37. The third kappa shape index (κ3) is 3.16. The van der Waals surface area contributed by atoms with Crippen molar-refractivity contribution in [2.75, 3.05) is 20.1 Å². The summed E-state index contributed by atoms with van der Waals surface area (Å²) in [6.07, 6.45) is 0.926. The van der Waals surface area contributed by atoms with Crippen molar-refractivity contribution in [2.45, 2.75) is 19.0 Å². The molecular weight excluding hydrogens is 354 g/mol. The molecule has 0 saturated heterocycles. The summed E-state index contributed by atoms with van der Waals surface area (Å²) in [4.78, 5) is 24.5. The van der Waals surface area contributed by atoms with E-state index in [2.05, 4.69) is 28.1 Å². The standard InChI is InChI=1S/C22H23N3O3/c1-23-10-17-12-24(14-26)13-20-21(17)18-4-2-3-5-19(18)25(20)11-15-6-8-16(9-7-15)22(27)28/h2-9,14,17,23H,10-13H2,1H3,(H,27,28). The van der Waals surface area contributed by atoms with Crippen LogP contribution in [0.3, 0.4) is 0 Å². The quantitative estimate of drug-likeness (QED) is 0.648. The van der Waals surface area contributed by atoms with Gasteiger partial charge in [-0.15, -0.1) is 0 Å². The number of carboxylic acid groups (broad SMARTS) is 1. The zero-order valence-corrected chi connectivity index (χ0v) is 15.8. The van der Waals surface area contributed by atoms with Gasteiger partial charge in [0.2, 0.25) is 6.41 Å². The second-order valence-electron chi connectivity index (χ2n) is 7.26. The van der Waals surface area contributed by atoms with Crippen LogP contribution in [0.15, 0.2) is 48.5 Å². The van der Waals surface area contributed by atoms with Gasteiger partial charge in [-0.3, -0.25) is 4.79 Å². The largest absolute Gasteiger partial charge is 0.478 e. The van der Waals surface area contributed by atoms with Gasteiger partial charge in [0.1, 0.15) is 0 Å². The third-order valence-electron chi connectivity index (χ3n) is 5.48. The summed E-state index contributed by atoms with van der Waals surface area (Å²) in [5.41, 5.74) is 4.92. The lowest BCUT2D eigenvalue weighted by atomic mass is 9.92. The monoisotopic (exact) mass is 377 g/mol. The highest BCUT2D eigenvalue weighted by Gasteiger charge is 2.30. The normalized spacial score (nSPS) is 16.2. The number of likely N-dealkylation sites (N-methyl/N-ethyl adjacent to an activating group) is 1. The number of carbonyl (C=O) groups excluding carboxylic acids is 1. The van der Waals surface area contributed by atoms with Crippen molar-refractivity contribution in [3.05, 3.63) is 70.9 Å². The second-order valence-corrected chi connectivity index (χ2v) is 7.26. The SMILES string of the molecule is CNCC1CN(C=O)Cc2c1c1ccccc1n2Cc1ccc(C(=O)O)cc1. The van der Waals surface area contributed by atoms with E-state index >= 15 is 0 Å². The highest BCUT2D eigenvalue weighted by molar-refractivity contribution is 5.88. The molecule has 1 atom stereocenters. The molecule has 1 aliphatic heterocycles. The molecule has 1 unspecified atom stereocenters. The van der Waals surface area contributed by atoms with Gasteiger partial charge < -0.3 is 19.9 Å². The fraction of sp³-hybridized carbons (Fsp3) is 0.273. The van der Waals surface area contributed by atoms with E-state index < -0.39 is 5.97 Å². The van der Waals surface area contributed by atoms with E-state index in [1.54, 1.807) is 12.1 Å². The van der Waals surface area contributed by atoms with Crippen molar-refractivity contribution >= 4 is 23.3 Å². The molecule has 6 heteroatoms. The fourth-order valence-corrected chi connectivity index (χ4v) is 4.25. The first-order valence-electron chi connectivity index (χ1n) is 9.38. The Balaban J connectivity index is 1.82. The van der Waals surface area contributed by atoms with Crippen molar-refractivity contribution in [1.29, 1.82) is 0 Å². The first-order chi connectivity index (χ1) is 13.6. The highest BCUT2D eigenvalue weighted by atomic mass is 16.4. The van der Waals surface area contributed by atoms with Crippen LogP contribution in [0.4, 0.5) is 0 Å². The van der Waals surface area contributed by atoms with Crippen LogP contribution in [0.1, 0.15) is 33.1 Å². The molecule has 144 valence electrons. The topological polar surface area (TPSA) is 74.6 Å². The molecule has 0 radical (unpaired) electrons. The second kappa shape index (κ2) is 7.48. The molecule has 0 fully saturated rings. The number of fused-ring (bicyclic) bond motifs is 3. The molecule has 1 amide bonds. The van der Waals surface area contributed by atoms with E-state index in [4.69, 9.17) is 5.11 Å². The van der Waals surface area contributed by atoms with Crippen LogP contribution in [0.5, 0.6) is 0 Å². The molecule has 28 heavy (non-hydrogen) atoms. The van der Waals surface area contributed by atoms with Gasteiger partial charge in [-0.2, -0.15) is 0 Å². The number of nitrogens with one attached hydrogen (secondary N) is 1. The Bertz CT molecular complexity index is 1020. The Morgan fingerprint density at radius 3 is 2.64 bits per heavy atom. The Morgan fingerprint density at radius 2 is 1.96 bits per heavy atom. The number of para-hydroxylation sites is 1. The third-order valence-corrected chi connectivity index (χ3v) is 5.48. The molecule has 4 rings (SSSR count). The molecule has 0 bridgehead atoms. The number of hydrogen-bond acceptors (Lipinski definition) is 3. The maximum Gasteiger partial charge on any atom is 0.335 e. The summed E-state index contributed by atoms with van der Waals surface area (Å²) in [6.45, 7) is 2.73. The van der Waals surface area contributed by atoms with E-state index in [-0.39, 0.29) is 11.5 Å². The van der Waals surface area contributed by atoms with Gasteiger partial charge >= 0.3 is 5.97 Å². The van der Waals surface area contributed by atoms with Crippen molar-refractivity contribution in [3.8, 4) is 0 Å². The number of carbonyl (C=O) groups is 2. The number of nitrogens with zero attached hydrogens (tertiary/aromatic N) is 2. The summed E-state index contributed by atoms with van der Waals surface area (Å²) in [6, 6.07) is 15.3. The number of amides is 1. The molecule has 2 aromatic carbocycles. The molecule has 2 heterocycles. The first-order valence-corrected chi connectivity index (χ1v) is 9.38. The van der Waals surface area contributed by atoms with Crippen molar-refractivity contribution in [1.82, 2.24) is 14.8 Å². The van der Waals surface area contributed by atoms with Gasteiger partial charge in [-0.25, -0.2) is 4.79 Å². The van der Waals surface area contributed by atoms with Crippen molar-refractivity contribution < 1.29 is 14.7 Å². The summed E-state index contributed by atoms with van der Waals surface area (Å²) in [5.74, 6) is -0.689. The molecule has 1 aromatic heterocycles. The molecule has 2 N–H and O–H groups in total. The minimum Gasteiger partial charge on any atom is -0.478 e. The predicted octanol–water partition coefficient (Wildman–Crippen LogP) is 2.66. The van der Waals surface area contributed by atoms with Gasteiger partial charge in [-0.05, 0) is 36.4 Å². The minimum atomic E-state index is -0.924. The van der Waals surface area contributed by atoms with Gasteiger partial charge in [0.15, 0.2) is 0 Å². The van der Waals surface area contributed by atoms with Gasteiger partial charge in [0.25, 0.3) is 0 Å². The first kappa shape index (κ1) is 18.3. The zero-order chi connectivity index (χ0) is 19.7. The predicted molar refractivity (Wildman–Crippen MR) is 108 cm³/mol. The minimum absolute atomic E-state index is 0.236. The van der Waals surface area contributed by atoms with Crippen molar-refractivity contribution in [3.63, 3.8) is 0 Å². The lowest BCUT2D eigenvalue weighted by Gasteiger charge is -2.31. The Hall–Kier alpha value is -3.12. The number of aromatic carboxylic acids is 1. The Morgan fingerprint density at radius 1 is 1.21 bits per heavy atom. The summed E-state index contributed by atoms with van der Waals surface area (Å²) >= 11 is 0. The summed E-state index contributed by atoms with van der Waals surface area (Å²) in [5, 5.41) is 13.6. The zero-order valence-electron chi connectivity index (χ0n) is 15.8. The fourth-order valence-electron chi connectivity index (χ4n) is 4.25. The van der Waals surface area contributed by atoms with Gasteiger partial charge in [0, 0.05) is 42.1 Å². The van der Waals surface area contributed by atoms with Crippen LogP contribution in [0.25, 0.3) is 10.9 Å². The highest BCUT2D eigenvalue weighted by Crippen LogP contribution is 2.37.